The molecule has 0 amide bonds. The van der Waals surface area contributed by atoms with Crippen LogP contribution < -0.4 is 10.1 Å². The number of halogens is 3. The average Bonchev–Trinajstić information content (AvgIpc) is 3.20. The first kappa shape index (κ1) is 20.6. The van der Waals surface area contributed by atoms with E-state index < -0.39 is 11.7 Å². The van der Waals surface area contributed by atoms with Gasteiger partial charge in [0.05, 0.1) is 11.1 Å². The van der Waals surface area contributed by atoms with Gasteiger partial charge in [-0.25, -0.2) is 9.97 Å². The average molecular weight is 440 g/mol. The van der Waals surface area contributed by atoms with Crippen molar-refractivity contribution in [2.45, 2.75) is 12.6 Å². The van der Waals surface area contributed by atoms with Gasteiger partial charge in [-0.2, -0.15) is 18.2 Å². The zero-order valence-corrected chi connectivity index (χ0v) is 16.8. The Morgan fingerprint density at radius 2 is 1.84 bits per heavy atom. The van der Waals surface area contributed by atoms with Gasteiger partial charge < -0.3 is 10.1 Å². The fourth-order valence-corrected chi connectivity index (χ4v) is 3.34. The molecule has 0 atom stereocenters. The first-order chi connectivity index (χ1) is 15.0. The maximum Gasteiger partial charge on any atom is 0.416 e. The zero-order chi connectivity index (χ0) is 21.7. The molecule has 4 aromatic rings. The van der Waals surface area contributed by atoms with Crippen LogP contribution in [0.2, 0.25) is 0 Å². The van der Waals surface area contributed by atoms with Crippen LogP contribution in [0.3, 0.4) is 0 Å². The Kier molecular flexibility index (Phi) is 6.00. The maximum atomic E-state index is 12.6. The second-order valence-corrected chi connectivity index (χ2v) is 7.16. The molecule has 0 aliphatic rings. The number of para-hydroxylation sites is 1. The molecule has 0 radical (unpaired) electrons. The molecule has 0 aliphatic heterocycles. The lowest BCUT2D eigenvalue weighted by molar-refractivity contribution is -0.137. The molecule has 0 fully saturated rings. The highest BCUT2D eigenvalue weighted by Gasteiger charge is 2.30. The van der Waals surface area contributed by atoms with Gasteiger partial charge in [0.25, 0.3) is 5.19 Å². The van der Waals surface area contributed by atoms with Gasteiger partial charge in [0.2, 0.25) is 0 Å². The Bertz CT molecular complexity index is 1240. The molecule has 0 bridgehead atoms. The lowest BCUT2D eigenvalue weighted by Crippen LogP contribution is -2.03. The molecule has 2 heterocycles. The van der Waals surface area contributed by atoms with Crippen LogP contribution in [-0.2, 0) is 6.18 Å². The van der Waals surface area contributed by atoms with Crippen molar-refractivity contribution in [3.63, 3.8) is 0 Å². The van der Waals surface area contributed by atoms with Gasteiger partial charge in [-0.05, 0) is 42.3 Å². The number of fused-ring (bicyclic) bond motifs is 1. The SMILES string of the molecule is FC(F)(F)c1ccc(Oc2nc(C#CCCNc3ncnc4ccccc34)cs2)cc1. The van der Waals surface area contributed by atoms with E-state index in [4.69, 9.17) is 4.74 Å². The van der Waals surface area contributed by atoms with Crippen molar-refractivity contribution in [3.8, 4) is 22.8 Å². The fourth-order valence-electron chi connectivity index (χ4n) is 2.72. The van der Waals surface area contributed by atoms with Crippen LogP contribution in [0.15, 0.2) is 60.2 Å². The minimum absolute atomic E-state index is 0.281. The van der Waals surface area contributed by atoms with Crippen LogP contribution in [0.4, 0.5) is 19.0 Å². The smallest absolute Gasteiger partial charge is 0.416 e. The molecule has 0 aliphatic carbocycles. The minimum atomic E-state index is -4.38. The van der Waals surface area contributed by atoms with E-state index in [9.17, 15) is 13.2 Å². The number of alkyl halides is 3. The van der Waals surface area contributed by atoms with Crippen LogP contribution in [0.1, 0.15) is 17.7 Å². The molecular formula is C22H15F3N4OS. The van der Waals surface area contributed by atoms with Crippen molar-refractivity contribution in [2.75, 3.05) is 11.9 Å². The van der Waals surface area contributed by atoms with E-state index in [0.717, 1.165) is 28.9 Å². The predicted molar refractivity (Wildman–Crippen MR) is 113 cm³/mol. The maximum absolute atomic E-state index is 12.6. The number of nitrogens with zero attached hydrogens (tertiary/aromatic N) is 3. The molecule has 1 N–H and O–H groups in total. The number of ether oxygens (including phenoxy) is 1. The molecule has 2 aromatic carbocycles. The third-order valence-corrected chi connectivity index (χ3v) is 4.89. The summed E-state index contributed by atoms with van der Waals surface area (Å²) in [4.78, 5) is 12.7. The first-order valence-corrected chi connectivity index (χ1v) is 10.1. The number of rotatable bonds is 5. The van der Waals surface area contributed by atoms with E-state index in [1.807, 2.05) is 24.3 Å². The first-order valence-electron chi connectivity index (χ1n) is 9.22. The van der Waals surface area contributed by atoms with Crippen LogP contribution in [-0.4, -0.2) is 21.5 Å². The Morgan fingerprint density at radius 1 is 1.03 bits per heavy atom. The Balaban J connectivity index is 1.30. The Hall–Kier alpha value is -3.64. The van der Waals surface area contributed by atoms with Gasteiger partial charge in [-0.1, -0.05) is 29.4 Å². The molecule has 0 spiro atoms. The summed E-state index contributed by atoms with van der Waals surface area (Å²) in [7, 11) is 0. The van der Waals surface area contributed by atoms with Crippen LogP contribution in [0, 0.1) is 11.8 Å². The van der Waals surface area contributed by atoms with E-state index in [-0.39, 0.29) is 5.75 Å². The lowest BCUT2D eigenvalue weighted by atomic mass is 10.2. The van der Waals surface area contributed by atoms with Crippen molar-refractivity contribution in [2.24, 2.45) is 0 Å². The van der Waals surface area contributed by atoms with Gasteiger partial charge in [-0.15, -0.1) is 0 Å². The number of hydrogen-bond donors (Lipinski definition) is 1. The fraction of sp³-hybridized carbons (Fsp3) is 0.136. The second kappa shape index (κ2) is 9.02. The molecule has 5 nitrogen and oxygen atoms in total. The predicted octanol–water partition coefficient (Wildman–Crippen LogP) is 5.75. The number of aromatic nitrogens is 3. The number of anilines is 1. The summed E-state index contributed by atoms with van der Waals surface area (Å²) in [6, 6.07) is 12.2. The van der Waals surface area contributed by atoms with Crippen molar-refractivity contribution in [3.05, 3.63) is 71.5 Å². The summed E-state index contributed by atoms with van der Waals surface area (Å²) in [6.45, 7) is 0.604. The van der Waals surface area contributed by atoms with Crippen molar-refractivity contribution >= 4 is 28.1 Å². The monoisotopic (exact) mass is 440 g/mol. The summed E-state index contributed by atoms with van der Waals surface area (Å²) in [5.74, 6) is 7.02. The highest BCUT2D eigenvalue weighted by Crippen LogP contribution is 2.32. The van der Waals surface area contributed by atoms with Crippen LogP contribution in [0.5, 0.6) is 10.9 Å². The molecule has 4 rings (SSSR count). The molecule has 0 unspecified atom stereocenters. The lowest BCUT2D eigenvalue weighted by Gasteiger charge is -2.07. The van der Waals surface area contributed by atoms with E-state index in [1.54, 1.807) is 5.38 Å². The standard InChI is InChI=1S/C22H15F3N4OS/c23-22(24,25)15-8-10-17(11-9-15)30-21-29-16(13-31-21)5-3-4-12-26-20-18-6-1-2-7-19(18)27-14-28-20/h1-2,6-11,13-14H,4,12H2,(H,26,27,28). The normalized spacial score (nSPS) is 11.1. The highest BCUT2D eigenvalue weighted by atomic mass is 32.1. The quantitative estimate of drug-likeness (QED) is 0.316. The Morgan fingerprint density at radius 3 is 2.65 bits per heavy atom. The van der Waals surface area contributed by atoms with Crippen LogP contribution >= 0.6 is 11.3 Å². The number of hydrogen-bond acceptors (Lipinski definition) is 6. The van der Waals surface area contributed by atoms with E-state index >= 15 is 0 Å². The molecule has 2 aromatic heterocycles. The van der Waals surface area contributed by atoms with Crippen molar-refractivity contribution in [1.29, 1.82) is 0 Å². The summed E-state index contributed by atoms with van der Waals surface area (Å²) in [6.07, 6.45) is -2.29. The van der Waals surface area contributed by atoms with Crippen molar-refractivity contribution in [1.82, 2.24) is 15.0 Å². The molecule has 0 saturated heterocycles. The van der Waals surface area contributed by atoms with Gasteiger partial charge >= 0.3 is 6.18 Å². The summed E-state index contributed by atoms with van der Waals surface area (Å²) >= 11 is 1.23. The molecular weight excluding hydrogens is 425 g/mol. The summed E-state index contributed by atoms with van der Waals surface area (Å²) in [5, 5.41) is 6.25. The third-order valence-electron chi connectivity index (χ3n) is 4.17. The van der Waals surface area contributed by atoms with Gasteiger partial charge in [0, 0.05) is 23.7 Å². The summed E-state index contributed by atoms with van der Waals surface area (Å²) < 4.78 is 43.3. The van der Waals surface area contributed by atoms with Gasteiger partial charge in [0.15, 0.2) is 0 Å². The topological polar surface area (TPSA) is 59.9 Å². The van der Waals surface area contributed by atoms with Crippen LogP contribution in [0.25, 0.3) is 10.9 Å². The number of nitrogens with one attached hydrogen (secondary N) is 1. The highest BCUT2D eigenvalue weighted by molar-refractivity contribution is 7.11. The Labute approximate surface area is 180 Å². The van der Waals surface area contributed by atoms with Gasteiger partial charge in [-0.3, -0.25) is 0 Å². The van der Waals surface area contributed by atoms with Crippen molar-refractivity contribution < 1.29 is 17.9 Å². The van der Waals surface area contributed by atoms with Gasteiger partial charge in [0.1, 0.15) is 23.6 Å². The molecule has 156 valence electrons. The molecule has 9 heteroatoms. The zero-order valence-electron chi connectivity index (χ0n) is 16.0. The molecule has 31 heavy (non-hydrogen) atoms. The number of thiazole rings is 1. The summed E-state index contributed by atoms with van der Waals surface area (Å²) in [5.41, 5.74) is 0.683. The number of benzene rings is 2. The molecule has 0 saturated carbocycles. The minimum Gasteiger partial charge on any atom is -0.431 e. The van der Waals surface area contributed by atoms with E-state index in [2.05, 4.69) is 32.1 Å². The van der Waals surface area contributed by atoms with E-state index in [1.165, 1.54) is 29.8 Å². The second-order valence-electron chi connectivity index (χ2n) is 6.34. The largest absolute Gasteiger partial charge is 0.431 e. The van der Waals surface area contributed by atoms with E-state index in [0.29, 0.717) is 23.9 Å². The third kappa shape index (κ3) is 5.29.